The molecule has 1 aliphatic rings. The van der Waals surface area contributed by atoms with Crippen LogP contribution in [0, 0.1) is 13.8 Å². The normalized spacial score (nSPS) is 17.2. The molecule has 1 aliphatic heterocycles. The fraction of sp³-hybridized carbons (Fsp3) is 0.368. The average molecular weight is 282 g/mol. The highest BCUT2D eigenvalue weighted by atomic mass is 16.5. The summed E-state index contributed by atoms with van der Waals surface area (Å²) in [6, 6.07) is 12.2. The van der Waals surface area contributed by atoms with Gasteiger partial charge in [-0.25, -0.2) is 0 Å². The van der Waals surface area contributed by atoms with Crippen LogP contribution >= 0.6 is 0 Å². The van der Waals surface area contributed by atoms with Gasteiger partial charge in [-0.2, -0.15) is 0 Å². The van der Waals surface area contributed by atoms with E-state index in [1.807, 2.05) is 26.0 Å². The molecular weight excluding hydrogens is 260 g/mol. The number of hydrogen-bond donors (Lipinski definition) is 1. The minimum Gasteiger partial charge on any atom is -0.487 e. The van der Waals surface area contributed by atoms with Gasteiger partial charge in [0.15, 0.2) is 0 Å². The molecule has 1 unspecified atom stereocenters. The highest BCUT2D eigenvalue weighted by Crippen LogP contribution is 2.41. The van der Waals surface area contributed by atoms with Crippen LogP contribution in [0.3, 0.4) is 0 Å². The summed E-state index contributed by atoms with van der Waals surface area (Å²) in [5, 5.41) is 10.9. The summed E-state index contributed by atoms with van der Waals surface area (Å²) in [6.07, 6.45) is 0.240. The molecule has 2 aromatic rings. The van der Waals surface area contributed by atoms with Gasteiger partial charge in [0.05, 0.1) is 0 Å². The van der Waals surface area contributed by atoms with E-state index >= 15 is 0 Å². The van der Waals surface area contributed by atoms with Crippen LogP contribution in [0.1, 0.15) is 47.8 Å². The van der Waals surface area contributed by atoms with Gasteiger partial charge in [0.25, 0.3) is 0 Å². The lowest BCUT2D eigenvalue weighted by Crippen LogP contribution is -2.25. The van der Waals surface area contributed by atoms with Gasteiger partial charge in [-0.15, -0.1) is 0 Å². The Morgan fingerprint density at radius 3 is 2.62 bits per heavy atom. The number of rotatable bonds is 2. The Hall–Kier alpha value is -1.80. The van der Waals surface area contributed by atoms with Gasteiger partial charge >= 0.3 is 0 Å². The Balaban J connectivity index is 2.06. The Bertz CT molecular complexity index is 686. The summed E-state index contributed by atoms with van der Waals surface area (Å²) >= 11 is 0. The number of para-hydroxylation sites is 1. The lowest BCUT2D eigenvalue weighted by molar-refractivity contribution is 0.131. The van der Waals surface area contributed by atoms with Gasteiger partial charge in [0, 0.05) is 12.0 Å². The zero-order valence-corrected chi connectivity index (χ0v) is 13.1. The quantitative estimate of drug-likeness (QED) is 0.898. The van der Waals surface area contributed by atoms with E-state index in [0.717, 1.165) is 34.4 Å². The second-order valence-corrected chi connectivity index (χ2v) is 6.64. The van der Waals surface area contributed by atoms with Crippen LogP contribution < -0.4 is 4.74 Å². The summed E-state index contributed by atoms with van der Waals surface area (Å²) in [6.45, 7) is 8.25. The first-order chi connectivity index (χ1) is 9.87. The predicted octanol–water partition coefficient (Wildman–Crippen LogP) is 4.10. The second kappa shape index (κ2) is 4.88. The molecule has 3 rings (SSSR count). The summed E-state index contributed by atoms with van der Waals surface area (Å²) in [5.74, 6) is 0.857. The van der Waals surface area contributed by atoms with Crippen LogP contribution in [0.4, 0.5) is 0 Å². The van der Waals surface area contributed by atoms with Crippen molar-refractivity contribution < 1.29 is 9.84 Å². The summed E-state index contributed by atoms with van der Waals surface area (Å²) in [5.41, 5.74) is 5.07. The molecule has 21 heavy (non-hydrogen) atoms. The molecule has 0 fully saturated rings. The monoisotopic (exact) mass is 282 g/mol. The SMILES string of the molecule is Cc1ccc(C)c(C(O)c2cccc3c2OC(C)(C)C3)c1. The van der Waals surface area contributed by atoms with Crippen LogP contribution in [-0.2, 0) is 6.42 Å². The minimum absolute atomic E-state index is 0.195. The maximum absolute atomic E-state index is 10.9. The molecule has 0 saturated carbocycles. The maximum atomic E-state index is 10.9. The van der Waals surface area contributed by atoms with E-state index in [1.54, 1.807) is 0 Å². The van der Waals surface area contributed by atoms with Gasteiger partial charge in [0.2, 0.25) is 0 Å². The van der Waals surface area contributed by atoms with Crippen molar-refractivity contribution in [1.29, 1.82) is 0 Å². The Morgan fingerprint density at radius 2 is 1.86 bits per heavy atom. The van der Waals surface area contributed by atoms with Crippen LogP contribution in [-0.4, -0.2) is 10.7 Å². The summed E-state index contributed by atoms with van der Waals surface area (Å²) in [7, 11) is 0. The first-order valence-corrected chi connectivity index (χ1v) is 7.43. The van der Waals surface area contributed by atoms with E-state index in [-0.39, 0.29) is 5.60 Å². The van der Waals surface area contributed by atoms with Crippen molar-refractivity contribution in [3.8, 4) is 5.75 Å². The molecule has 110 valence electrons. The molecule has 0 saturated heterocycles. The molecule has 1 atom stereocenters. The third kappa shape index (κ3) is 2.56. The fourth-order valence-corrected chi connectivity index (χ4v) is 3.08. The summed E-state index contributed by atoms with van der Waals surface area (Å²) < 4.78 is 6.08. The number of ether oxygens (including phenoxy) is 1. The number of aliphatic hydroxyl groups is 1. The molecule has 2 heteroatoms. The third-order valence-corrected chi connectivity index (χ3v) is 4.15. The smallest absolute Gasteiger partial charge is 0.129 e. The number of aryl methyl sites for hydroxylation is 2. The van der Waals surface area contributed by atoms with E-state index in [1.165, 1.54) is 5.56 Å². The first kappa shape index (κ1) is 14.2. The largest absolute Gasteiger partial charge is 0.487 e. The van der Waals surface area contributed by atoms with Gasteiger partial charge in [0.1, 0.15) is 17.5 Å². The van der Waals surface area contributed by atoms with E-state index in [2.05, 4.69) is 38.1 Å². The van der Waals surface area contributed by atoms with Crippen LogP contribution in [0.25, 0.3) is 0 Å². The van der Waals surface area contributed by atoms with Crippen molar-refractivity contribution in [2.75, 3.05) is 0 Å². The molecule has 2 aromatic carbocycles. The third-order valence-electron chi connectivity index (χ3n) is 4.15. The van der Waals surface area contributed by atoms with Crippen LogP contribution in [0.5, 0.6) is 5.75 Å². The van der Waals surface area contributed by atoms with Crippen molar-refractivity contribution in [2.24, 2.45) is 0 Å². The molecule has 2 nitrogen and oxygen atoms in total. The van der Waals surface area contributed by atoms with Crippen molar-refractivity contribution >= 4 is 0 Å². The molecule has 0 aliphatic carbocycles. The molecular formula is C19H22O2. The highest BCUT2D eigenvalue weighted by molar-refractivity contribution is 5.50. The molecule has 1 heterocycles. The van der Waals surface area contributed by atoms with E-state index in [0.29, 0.717) is 0 Å². The lowest BCUT2D eigenvalue weighted by atomic mass is 9.93. The average Bonchev–Trinajstić information content (AvgIpc) is 2.74. The van der Waals surface area contributed by atoms with E-state index in [4.69, 9.17) is 4.74 Å². The molecule has 0 amide bonds. The van der Waals surface area contributed by atoms with Gasteiger partial charge in [-0.05, 0) is 44.4 Å². The number of hydrogen-bond acceptors (Lipinski definition) is 2. The van der Waals surface area contributed by atoms with Gasteiger partial charge in [-0.3, -0.25) is 0 Å². The molecule has 1 N–H and O–H groups in total. The van der Waals surface area contributed by atoms with Crippen molar-refractivity contribution in [3.05, 3.63) is 64.2 Å². The minimum atomic E-state index is -0.645. The fourth-order valence-electron chi connectivity index (χ4n) is 3.08. The maximum Gasteiger partial charge on any atom is 0.129 e. The van der Waals surface area contributed by atoms with Crippen molar-refractivity contribution in [3.63, 3.8) is 0 Å². The molecule has 0 spiro atoms. The zero-order chi connectivity index (χ0) is 15.2. The number of benzene rings is 2. The van der Waals surface area contributed by atoms with Gasteiger partial charge < -0.3 is 9.84 Å². The van der Waals surface area contributed by atoms with Crippen molar-refractivity contribution in [2.45, 2.75) is 45.8 Å². The second-order valence-electron chi connectivity index (χ2n) is 6.64. The highest BCUT2D eigenvalue weighted by Gasteiger charge is 2.33. The predicted molar refractivity (Wildman–Crippen MR) is 84.8 cm³/mol. The number of aliphatic hydroxyl groups excluding tert-OH is 1. The van der Waals surface area contributed by atoms with E-state index < -0.39 is 6.10 Å². The molecule has 0 aromatic heterocycles. The Labute approximate surface area is 126 Å². The van der Waals surface area contributed by atoms with Crippen LogP contribution in [0.2, 0.25) is 0 Å². The lowest BCUT2D eigenvalue weighted by Gasteiger charge is -2.21. The van der Waals surface area contributed by atoms with Gasteiger partial charge in [-0.1, -0.05) is 42.0 Å². The van der Waals surface area contributed by atoms with Crippen LogP contribution in [0.15, 0.2) is 36.4 Å². The number of fused-ring (bicyclic) bond motifs is 1. The first-order valence-electron chi connectivity index (χ1n) is 7.43. The zero-order valence-electron chi connectivity index (χ0n) is 13.1. The van der Waals surface area contributed by atoms with Crippen molar-refractivity contribution in [1.82, 2.24) is 0 Å². The topological polar surface area (TPSA) is 29.5 Å². The Kier molecular flexibility index (Phi) is 3.29. The molecule has 0 bridgehead atoms. The molecule has 0 radical (unpaired) electrons. The van der Waals surface area contributed by atoms with E-state index in [9.17, 15) is 5.11 Å². The summed E-state index contributed by atoms with van der Waals surface area (Å²) in [4.78, 5) is 0. The Morgan fingerprint density at radius 1 is 1.10 bits per heavy atom. The standard InChI is InChI=1S/C19H22O2/c1-12-8-9-13(2)16(10-12)17(20)15-7-5-6-14-11-19(3,4)21-18(14)15/h5-10,17,20H,11H2,1-4H3.